The molecular weight excluding hydrogens is 236 g/mol. The van der Waals surface area contributed by atoms with E-state index in [0.717, 1.165) is 0 Å². The first-order valence-corrected chi connectivity index (χ1v) is 5.31. The standard InChI is InChI=1S/C11H16N4O3/c1-15(7-5-9(12)14-17)11(16)8-4-3-6-13-10(8)18-2/h3-4,6,17H,5,7H2,1-2H3,(H2,12,14). The lowest BCUT2D eigenvalue weighted by atomic mass is 10.2. The van der Waals surface area contributed by atoms with Crippen LogP contribution in [0.5, 0.6) is 5.88 Å². The van der Waals surface area contributed by atoms with Gasteiger partial charge in [-0.1, -0.05) is 5.16 Å². The number of ether oxygens (including phenoxy) is 1. The molecule has 0 unspecified atom stereocenters. The lowest BCUT2D eigenvalue weighted by Crippen LogP contribution is -2.30. The monoisotopic (exact) mass is 252 g/mol. The van der Waals surface area contributed by atoms with Crippen molar-refractivity contribution < 1.29 is 14.7 Å². The van der Waals surface area contributed by atoms with Gasteiger partial charge < -0.3 is 20.6 Å². The number of aromatic nitrogens is 1. The molecule has 0 fully saturated rings. The highest BCUT2D eigenvalue weighted by molar-refractivity contribution is 5.96. The van der Waals surface area contributed by atoms with Gasteiger partial charge in [0, 0.05) is 26.2 Å². The number of hydrogen-bond donors (Lipinski definition) is 2. The van der Waals surface area contributed by atoms with Gasteiger partial charge in [-0.15, -0.1) is 0 Å². The molecule has 18 heavy (non-hydrogen) atoms. The van der Waals surface area contributed by atoms with Crippen LogP contribution in [0.4, 0.5) is 0 Å². The van der Waals surface area contributed by atoms with Gasteiger partial charge in [-0.05, 0) is 12.1 Å². The molecule has 1 rings (SSSR count). The second-order valence-corrected chi connectivity index (χ2v) is 3.63. The number of oxime groups is 1. The van der Waals surface area contributed by atoms with Crippen molar-refractivity contribution in [1.82, 2.24) is 9.88 Å². The molecule has 0 bridgehead atoms. The summed E-state index contributed by atoms with van der Waals surface area (Å²) in [6.07, 6.45) is 1.84. The van der Waals surface area contributed by atoms with Crippen LogP contribution in [-0.2, 0) is 0 Å². The minimum atomic E-state index is -0.231. The number of nitrogens with zero attached hydrogens (tertiary/aromatic N) is 3. The molecule has 0 radical (unpaired) electrons. The molecule has 0 saturated carbocycles. The number of amidine groups is 1. The van der Waals surface area contributed by atoms with Crippen molar-refractivity contribution in [3.8, 4) is 5.88 Å². The Labute approximate surface area is 105 Å². The summed E-state index contributed by atoms with van der Waals surface area (Å²) in [4.78, 5) is 17.5. The fourth-order valence-electron chi connectivity index (χ4n) is 1.36. The van der Waals surface area contributed by atoms with Gasteiger partial charge in [0.15, 0.2) is 0 Å². The largest absolute Gasteiger partial charge is 0.480 e. The summed E-state index contributed by atoms with van der Waals surface area (Å²) in [6.45, 7) is 0.340. The molecule has 1 aromatic rings. The number of carbonyl (C=O) groups is 1. The van der Waals surface area contributed by atoms with E-state index in [1.807, 2.05) is 0 Å². The zero-order chi connectivity index (χ0) is 13.5. The molecular formula is C11H16N4O3. The molecule has 3 N–H and O–H groups in total. The third-order valence-corrected chi connectivity index (χ3v) is 2.37. The zero-order valence-corrected chi connectivity index (χ0v) is 10.3. The molecule has 0 atom stereocenters. The molecule has 1 heterocycles. The predicted molar refractivity (Wildman–Crippen MR) is 65.8 cm³/mol. The van der Waals surface area contributed by atoms with Gasteiger partial charge in [0.2, 0.25) is 5.88 Å². The van der Waals surface area contributed by atoms with Gasteiger partial charge in [-0.3, -0.25) is 4.79 Å². The third-order valence-electron chi connectivity index (χ3n) is 2.37. The zero-order valence-electron chi connectivity index (χ0n) is 10.3. The second-order valence-electron chi connectivity index (χ2n) is 3.63. The highest BCUT2D eigenvalue weighted by Crippen LogP contribution is 2.15. The molecule has 1 amide bonds. The highest BCUT2D eigenvalue weighted by atomic mass is 16.5. The summed E-state index contributed by atoms with van der Waals surface area (Å²) >= 11 is 0. The Morgan fingerprint density at radius 3 is 3.00 bits per heavy atom. The van der Waals surface area contributed by atoms with Gasteiger partial charge >= 0.3 is 0 Å². The van der Waals surface area contributed by atoms with E-state index in [-0.39, 0.29) is 17.6 Å². The van der Waals surface area contributed by atoms with Crippen molar-refractivity contribution in [2.75, 3.05) is 20.7 Å². The topological polar surface area (TPSA) is 101 Å². The van der Waals surface area contributed by atoms with E-state index in [2.05, 4.69) is 10.1 Å². The Hall–Kier alpha value is -2.31. The van der Waals surface area contributed by atoms with E-state index >= 15 is 0 Å². The maximum Gasteiger partial charge on any atom is 0.259 e. The first-order chi connectivity index (χ1) is 8.60. The van der Waals surface area contributed by atoms with Crippen LogP contribution in [0, 0.1) is 0 Å². The number of rotatable bonds is 5. The summed E-state index contributed by atoms with van der Waals surface area (Å²) in [5.41, 5.74) is 5.72. The number of methoxy groups -OCH3 is 1. The molecule has 0 spiro atoms. The lowest BCUT2D eigenvalue weighted by Gasteiger charge is -2.17. The molecule has 0 saturated heterocycles. The van der Waals surface area contributed by atoms with Gasteiger partial charge in [-0.2, -0.15) is 0 Å². The Morgan fingerprint density at radius 1 is 1.67 bits per heavy atom. The molecule has 98 valence electrons. The molecule has 0 aromatic carbocycles. The van der Waals surface area contributed by atoms with Gasteiger partial charge in [0.1, 0.15) is 11.4 Å². The number of carbonyl (C=O) groups excluding carboxylic acids is 1. The lowest BCUT2D eigenvalue weighted by molar-refractivity contribution is 0.0794. The van der Waals surface area contributed by atoms with Crippen LogP contribution in [0.2, 0.25) is 0 Å². The van der Waals surface area contributed by atoms with E-state index in [4.69, 9.17) is 15.7 Å². The predicted octanol–water partition coefficient (Wildman–Crippen LogP) is 0.299. The quantitative estimate of drug-likeness (QED) is 0.339. The second kappa shape index (κ2) is 6.43. The smallest absolute Gasteiger partial charge is 0.259 e. The summed E-state index contributed by atoms with van der Waals surface area (Å²) in [7, 11) is 3.08. The van der Waals surface area contributed by atoms with Crippen LogP contribution >= 0.6 is 0 Å². The van der Waals surface area contributed by atoms with Crippen LogP contribution < -0.4 is 10.5 Å². The number of amides is 1. The van der Waals surface area contributed by atoms with Crippen LogP contribution in [0.15, 0.2) is 23.5 Å². The van der Waals surface area contributed by atoms with Crippen molar-refractivity contribution >= 4 is 11.7 Å². The van der Waals surface area contributed by atoms with Crippen molar-refractivity contribution in [3.63, 3.8) is 0 Å². The fraction of sp³-hybridized carbons (Fsp3) is 0.364. The third kappa shape index (κ3) is 3.34. The van der Waals surface area contributed by atoms with Crippen LogP contribution in [0.25, 0.3) is 0 Å². The summed E-state index contributed by atoms with van der Waals surface area (Å²) in [5, 5.41) is 11.3. The van der Waals surface area contributed by atoms with Gasteiger partial charge in [0.25, 0.3) is 5.91 Å². The van der Waals surface area contributed by atoms with Gasteiger partial charge in [0.05, 0.1) is 7.11 Å². The van der Waals surface area contributed by atoms with Crippen molar-refractivity contribution in [1.29, 1.82) is 0 Å². The Bertz CT molecular complexity index is 448. The normalized spacial score (nSPS) is 11.1. The molecule has 0 aliphatic rings. The maximum absolute atomic E-state index is 12.1. The van der Waals surface area contributed by atoms with Gasteiger partial charge in [-0.25, -0.2) is 4.98 Å². The summed E-state index contributed by atoms with van der Waals surface area (Å²) in [6, 6.07) is 3.29. The van der Waals surface area contributed by atoms with Crippen LogP contribution in [-0.4, -0.2) is 47.5 Å². The first-order valence-electron chi connectivity index (χ1n) is 5.31. The molecule has 0 aliphatic carbocycles. The number of pyridine rings is 1. The Kier molecular flexibility index (Phi) is 4.91. The summed E-state index contributed by atoms with van der Waals surface area (Å²) < 4.78 is 5.02. The van der Waals surface area contributed by atoms with E-state index in [9.17, 15) is 4.79 Å². The van der Waals surface area contributed by atoms with E-state index in [1.165, 1.54) is 12.0 Å². The van der Waals surface area contributed by atoms with Crippen molar-refractivity contribution in [3.05, 3.63) is 23.9 Å². The Morgan fingerprint density at radius 2 is 2.39 bits per heavy atom. The van der Waals surface area contributed by atoms with Crippen molar-refractivity contribution in [2.24, 2.45) is 10.9 Å². The molecule has 1 aromatic heterocycles. The molecule has 7 nitrogen and oxygen atoms in total. The van der Waals surface area contributed by atoms with E-state index < -0.39 is 0 Å². The van der Waals surface area contributed by atoms with Crippen molar-refractivity contribution in [2.45, 2.75) is 6.42 Å². The van der Waals surface area contributed by atoms with E-state index in [0.29, 0.717) is 18.5 Å². The van der Waals surface area contributed by atoms with E-state index in [1.54, 1.807) is 25.4 Å². The Balaban J connectivity index is 2.74. The maximum atomic E-state index is 12.1. The average Bonchev–Trinajstić information content (AvgIpc) is 2.43. The minimum absolute atomic E-state index is 0.0767. The number of nitrogens with two attached hydrogens (primary N) is 1. The average molecular weight is 252 g/mol. The minimum Gasteiger partial charge on any atom is -0.480 e. The SMILES string of the molecule is COc1ncccc1C(=O)N(C)CCC(N)=NO. The summed E-state index contributed by atoms with van der Waals surface area (Å²) in [5.74, 6) is 0.122. The first kappa shape index (κ1) is 13.8. The highest BCUT2D eigenvalue weighted by Gasteiger charge is 2.17. The number of hydrogen-bond acceptors (Lipinski definition) is 5. The molecule has 0 aliphatic heterocycles. The van der Waals surface area contributed by atoms with Crippen LogP contribution in [0.3, 0.4) is 0 Å². The van der Waals surface area contributed by atoms with Crippen LogP contribution in [0.1, 0.15) is 16.8 Å². The fourth-order valence-corrected chi connectivity index (χ4v) is 1.36. The molecule has 7 heteroatoms.